The Bertz CT molecular complexity index is 1330. The highest BCUT2D eigenvalue weighted by molar-refractivity contribution is 9.09. The van der Waals surface area contributed by atoms with Crippen molar-refractivity contribution in [3.63, 3.8) is 0 Å². The van der Waals surface area contributed by atoms with Gasteiger partial charge in [0.1, 0.15) is 0 Å². The summed E-state index contributed by atoms with van der Waals surface area (Å²) in [6, 6.07) is 0. The molecule has 0 N–H and O–H groups in total. The van der Waals surface area contributed by atoms with Gasteiger partial charge in [0.25, 0.3) is 0 Å². The van der Waals surface area contributed by atoms with Crippen LogP contribution in [0.1, 0.15) is 160 Å². The molecule has 0 saturated carbocycles. The highest BCUT2D eigenvalue weighted by Crippen LogP contribution is 2.13. The average Bonchev–Trinajstić information content (AvgIpc) is 2.94. The van der Waals surface area contributed by atoms with Gasteiger partial charge in [0, 0.05) is 56.0 Å². The van der Waals surface area contributed by atoms with Crippen LogP contribution in [0.4, 0.5) is 0 Å². The maximum atomic E-state index is 8.24. The van der Waals surface area contributed by atoms with Gasteiger partial charge < -0.3 is 0 Å². The molecule has 0 unspecified atom stereocenters. The summed E-state index contributed by atoms with van der Waals surface area (Å²) in [5, 5.41) is -3.59. The van der Waals surface area contributed by atoms with Crippen molar-refractivity contribution in [3.8, 4) is 0 Å². The molecule has 0 aromatic carbocycles. The van der Waals surface area contributed by atoms with E-state index in [9.17, 15) is 0 Å². The van der Waals surface area contributed by atoms with E-state index in [4.69, 9.17) is 50.7 Å². The second-order valence-corrected chi connectivity index (χ2v) is 2.49. The molecule has 0 aromatic rings. The molecule has 0 amide bonds. The molecule has 1 heteroatoms. The molecular weight excluding hydrogens is 296 g/mol. The Morgan fingerprint density at radius 2 is 0.895 bits per heavy atom. The normalized spacial score (nSPS) is 53.4. The van der Waals surface area contributed by atoms with Gasteiger partial charge in [-0.3, -0.25) is 0 Å². The second-order valence-electron chi connectivity index (χ2n) is 2.09. The summed E-state index contributed by atoms with van der Waals surface area (Å²) in [6.45, 7) is -4.14. The first-order valence-corrected chi connectivity index (χ1v) is 5.23. The lowest BCUT2D eigenvalue weighted by molar-refractivity contribution is 0.532. The van der Waals surface area contributed by atoms with Gasteiger partial charge in [-0.05, 0) is 6.37 Å². The SMILES string of the molecule is [2H]C([2H])([2H])C([2H])([2H])C([2H])([2H])C([2H])([2H])C([2H])([2H])C([2H])([2H])C([2H])([2H])C([2H])([2H])C([2H])([2H])C([2H])([2H])C([2H])([2H])C([2H])([2H])C([2H])([2H])C([2H])([2H])C([2H])([2H])C([2H])([2H])C([2H])([2H])C([2H])([2H])Br. The maximum absolute atomic E-state index is 8.24. The Morgan fingerprint density at radius 1 is 0.579 bits per heavy atom. The van der Waals surface area contributed by atoms with Gasteiger partial charge in [-0.1, -0.05) is 118 Å². The van der Waals surface area contributed by atoms with Crippen LogP contribution in [0.2, 0.25) is 0 Å². The zero-order valence-corrected chi connectivity index (χ0v) is 11.0. The van der Waals surface area contributed by atoms with Crippen molar-refractivity contribution >= 4 is 15.9 Å². The molecule has 0 rings (SSSR count). The minimum absolute atomic E-state index is 2.08. The fourth-order valence-corrected chi connectivity index (χ4v) is 0.560. The fraction of sp³-hybridized carbons (Fsp3) is 1.00. The molecule has 0 heterocycles. The van der Waals surface area contributed by atoms with Crippen molar-refractivity contribution in [2.75, 3.05) is 5.28 Å². The van der Waals surface area contributed by atoms with E-state index in [0.29, 0.717) is 0 Å². The van der Waals surface area contributed by atoms with Gasteiger partial charge in [0.2, 0.25) is 0 Å². The summed E-state index contributed by atoms with van der Waals surface area (Å²) >= 11 is 2.08. The Morgan fingerprint density at radius 3 is 1.21 bits per heavy atom. The van der Waals surface area contributed by atoms with E-state index in [2.05, 4.69) is 15.9 Å². The lowest BCUT2D eigenvalue weighted by Crippen LogP contribution is -1.83. The lowest BCUT2D eigenvalue weighted by Gasteiger charge is -2.03. The van der Waals surface area contributed by atoms with Crippen molar-refractivity contribution in [2.24, 2.45) is 0 Å². The van der Waals surface area contributed by atoms with Crippen molar-refractivity contribution < 1.29 is 50.7 Å². The number of hydrogen-bond acceptors (Lipinski definition) is 0. The third-order valence-electron chi connectivity index (χ3n) is 0.985. The summed E-state index contributed by atoms with van der Waals surface area (Å²) < 4.78 is 295. The highest BCUT2D eigenvalue weighted by Gasteiger charge is 1.94. The van der Waals surface area contributed by atoms with Crippen molar-refractivity contribution in [2.45, 2.75) is 109 Å². The van der Waals surface area contributed by atoms with Crippen LogP contribution >= 0.6 is 15.9 Å². The van der Waals surface area contributed by atoms with E-state index >= 15 is 0 Å². The van der Waals surface area contributed by atoms with E-state index < -0.39 is 114 Å². The molecule has 0 radical (unpaired) electrons. The lowest BCUT2D eigenvalue weighted by atomic mass is 10.0. The molecule has 0 fully saturated rings. The minimum atomic E-state index is -5.23. The molecule has 0 aliphatic rings. The maximum Gasteiger partial charge on any atom is 0.0387 e. The van der Waals surface area contributed by atoms with Gasteiger partial charge in [-0.15, -0.1) is 0 Å². The van der Waals surface area contributed by atoms with Gasteiger partial charge in [-0.25, -0.2) is 0 Å². The molecule has 0 bridgehead atoms. The quantitative estimate of drug-likeness (QED) is 0.245. The number of hydrogen-bond donors (Lipinski definition) is 0. The smallest absolute Gasteiger partial charge is 0.0387 e. The van der Waals surface area contributed by atoms with Crippen molar-refractivity contribution in [3.05, 3.63) is 0 Å². The summed E-state index contributed by atoms with van der Waals surface area (Å²) in [5.41, 5.74) is 0. The van der Waals surface area contributed by atoms with Crippen LogP contribution in [0, 0.1) is 0 Å². The summed E-state index contributed by atoms with van der Waals surface area (Å²) in [6.07, 6.45) is -79.0. The minimum Gasteiger partial charge on any atom is -0.0928 e. The molecule has 0 nitrogen and oxygen atoms in total. The van der Waals surface area contributed by atoms with Crippen molar-refractivity contribution in [1.82, 2.24) is 0 Å². The monoisotopic (exact) mass is 369 g/mol. The van der Waals surface area contributed by atoms with E-state index in [-0.39, 0.29) is 0 Å². The zero-order valence-electron chi connectivity index (χ0n) is 46.4. The van der Waals surface area contributed by atoms with Crippen LogP contribution in [0.15, 0.2) is 0 Å². The van der Waals surface area contributed by atoms with Crippen LogP contribution < -0.4 is 0 Å². The Kier molecular flexibility index (Phi) is 2.10. The Hall–Kier alpha value is 0.480. The fourth-order valence-electron chi connectivity index (χ4n) is 0.461. The number of halogens is 1. The van der Waals surface area contributed by atoms with E-state index in [1.165, 1.54) is 0 Å². The predicted molar refractivity (Wildman–Crippen MR) is 93.3 cm³/mol. The van der Waals surface area contributed by atoms with Crippen molar-refractivity contribution in [1.29, 1.82) is 0 Å². The first-order valence-electron chi connectivity index (χ1n) is 22.9. The summed E-state index contributed by atoms with van der Waals surface area (Å²) in [7, 11) is 0. The van der Waals surface area contributed by atoms with E-state index in [0.717, 1.165) is 0 Å². The van der Waals surface area contributed by atoms with Crippen LogP contribution in [0.3, 0.4) is 0 Å². The zero-order chi connectivity index (χ0) is 47.0. The molecular formula is C18H37Br. The van der Waals surface area contributed by atoms with E-state index in [1.54, 1.807) is 0 Å². The van der Waals surface area contributed by atoms with Gasteiger partial charge in [-0.2, -0.15) is 0 Å². The largest absolute Gasteiger partial charge is 0.0928 e. The molecule has 116 valence electrons. The van der Waals surface area contributed by atoms with E-state index in [1.807, 2.05) is 0 Å². The molecule has 0 atom stereocenters. The molecule has 0 aliphatic heterocycles. The molecule has 0 saturated heterocycles. The number of alkyl halides is 1. The van der Waals surface area contributed by atoms with Crippen LogP contribution in [0.5, 0.6) is 0 Å². The Balaban J connectivity index is 7.85. The molecule has 0 aliphatic carbocycles. The third kappa shape index (κ3) is 18.5. The van der Waals surface area contributed by atoms with Crippen LogP contribution in [-0.4, -0.2) is 5.28 Å². The molecule has 0 aromatic heterocycles. The highest BCUT2D eigenvalue weighted by atomic mass is 79.9. The standard InChI is InChI=1S/C18H37Br/c1-2-3-4-5-6-7-8-9-10-11-12-13-14-15-16-17-18-19/h2-18H2,1H3/i1D3,2D2,3D2,4D2,5D2,6D2,7D2,8D2,9D2,10D2,11D2,12D2,13D2,14D2,15D2,16D2,17D2,18D2. The molecule has 0 spiro atoms. The topological polar surface area (TPSA) is 0 Å². The third-order valence-corrected chi connectivity index (χ3v) is 1.18. The molecule has 19 heavy (non-hydrogen) atoms. The second kappa shape index (κ2) is 18.5. The first-order chi connectivity index (χ1) is 23.2. The van der Waals surface area contributed by atoms with Gasteiger partial charge in [0.05, 0.1) is 0 Å². The first kappa shape index (κ1) is 2.16. The summed E-state index contributed by atoms with van der Waals surface area (Å²) in [4.78, 5) is 0. The number of rotatable bonds is 16. The Labute approximate surface area is 183 Å². The van der Waals surface area contributed by atoms with Crippen LogP contribution in [-0.2, 0) is 0 Å². The average molecular weight is 371 g/mol. The van der Waals surface area contributed by atoms with Gasteiger partial charge in [0.15, 0.2) is 0 Å². The predicted octanol–water partition coefficient (Wildman–Crippen LogP) is 7.64. The van der Waals surface area contributed by atoms with Gasteiger partial charge >= 0.3 is 0 Å². The summed E-state index contributed by atoms with van der Waals surface area (Å²) in [5.74, 6) is 0. The van der Waals surface area contributed by atoms with Crippen LogP contribution in [0.25, 0.3) is 0 Å².